The first kappa shape index (κ1) is 18.6. The summed E-state index contributed by atoms with van der Waals surface area (Å²) < 4.78 is 13.5. The number of hydrogen-bond donors (Lipinski definition) is 1. The maximum absolute atomic E-state index is 13.5. The lowest BCUT2D eigenvalue weighted by molar-refractivity contribution is -0.378. The van der Waals surface area contributed by atoms with E-state index in [-0.39, 0.29) is 17.9 Å². The lowest BCUT2D eigenvalue weighted by atomic mass is 9.95. The minimum absolute atomic E-state index is 0.00674. The van der Waals surface area contributed by atoms with Crippen LogP contribution < -0.4 is 4.98 Å². The highest BCUT2D eigenvalue weighted by atomic mass is 19.1. The molecule has 1 aromatic heterocycles. The number of likely N-dealkylation sites (tertiary alicyclic amines) is 1. The number of nitrogens with one attached hydrogen (secondary N) is 1. The first-order chi connectivity index (χ1) is 14.1. The van der Waals surface area contributed by atoms with E-state index in [1.54, 1.807) is 48.8 Å². The highest BCUT2D eigenvalue weighted by Crippen LogP contribution is 2.40. The van der Waals surface area contributed by atoms with E-state index in [0.29, 0.717) is 11.1 Å². The smallest absolute Gasteiger partial charge is 0.295 e. The van der Waals surface area contributed by atoms with Crippen molar-refractivity contribution in [3.63, 3.8) is 0 Å². The number of H-pyrrole nitrogens is 1. The molecule has 1 saturated heterocycles. The number of amides is 1. The molecular weight excluding hydrogens is 371 g/mol. The molecule has 144 valence electrons. The molecule has 1 amide bonds. The molecule has 2 N–H and O–H groups in total. The van der Waals surface area contributed by atoms with Crippen LogP contribution in [0.25, 0.3) is 5.76 Å². The van der Waals surface area contributed by atoms with Gasteiger partial charge in [0.1, 0.15) is 11.6 Å². The normalized spacial score (nSPS) is 18.2. The molecule has 0 aliphatic carbocycles. The van der Waals surface area contributed by atoms with Gasteiger partial charge in [-0.25, -0.2) is 9.37 Å². The van der Waals surface area contributed by atoms with Gasteiger partial charge in [0.05, 0.1) is 18.2 Å². The molecule has 0 spiro atoms. The molecule has 2 heterocycles. The molecular formula is C23H18FN2O3+. The number of aromatic nitrogens is 1. The van der Waals surface area contributed by atoms with E-state index in [2.05, 4.69) is 4.98 Å². The zero-order chi connectivity index (χ0) is 20.4. The van der Waals surface area contributed by atoms with Gasteiger partial charge in [-0.05, 0) is 23.8 Å². The maximum Gasteiger partial charge on any atom is 0.295 e. The van der Waals surface area contributed by atoms with E-state index in [4.69, 9.17) is 0 Å². The Bertz CT molecular complexity index is 1080. The highest BCUT2D eigenvalue weighted by molar-refractivity contribution is 6.46. The average molecular weight is 389 g/mol. The Morgan fingerprint density at radius 2 is 1.72 bits per heavy atom. The fourth-order valence-corrected chi connectivity index (χ4v) is 3.51. The Morgan fingerprint density at radius 3 is 2.38 bits per heavy atom. The molecule has 1 aliphatic rings. The van der Waals surface area contributed by atoms with Crippen molar-refractivity contribution < 1.29 is 24.1 Å². The van der Waals surface area contributed by atoms with E-state index >= 15 is 0 Å². The van der Waals surface area contributed by atoms with Gasteiger partial charge in [0.15, 0.2) is 12.4 Å². The van der Waals surface area contributed by atoms with Crippen LogP contribution in [0.3, 0.4) is 0 Å². The van der Waals surface area contributed by atoms with Crippen LogP contribution in [0.2, 0.25) is 0 Å². The van der Waals surface area contributed by atoms with E-state index in [1.165, 1.54) is 29.2 Å². The summed E-state index contributed by atoms with van der Waals surface area (Å²) in [5, 5.41) is 10.9. The van der Waals surface area contributed by atoms with Crippen molar-refractivity contribution in [3.05, 3.63) is 107 Å². The van der Waals surface area contributed by atoms with Gasteiger partial charge in [-0.1, -0.05) is 42.5 Å². The summed E-state index contributed by atoms with van der Waals surface area (Å²) in [5.74, 6) is -2.15. The molecule has 4 rings (SSSR count). The number of Topliss-reactive ketones (excluding diaryl/α,β-unsaturated/α-hetero) is 1. The summed E-state index contributed by atoms with van der Waals surface area (Å²) in [7, 11) is 0. The second-order valence-electron chi connectivity index (χ2n) is 6.76. The number of halogens is 1. The van der Waals surface area contributed by atoms with Crippen molar-refractivity contribution >= 4 is 17.4 Å². The second-order valence-corrected chi connectivity index (χ2v) is 6.76. The highest BCUT2D eigenvalue weighted by Gasteiger charge is 2.46. The second kappa shape index (κ2) is 7.67. The lowest BCUT2D eigenvalue weighted by Gasteiger charge is -2.25. The summed E-state index contributed by atoms with van der Waals surface area (Å²) in [5.41, 5.74) is 1.77. The van der Waals surface area contributed by atoms with Crippen molar-refractivity contribution in [3.8, 4) is 0 Å². The van der Waals surface area contributed by atoms with Crippen LogP contribution in [-0.2, 0) is 16.1 Å². The largest absolute Gasteiger partial charge is 0.507 e. The van der Waals surface area contributed by atoms with Crippen LogP contribution in [0.15, 0.2) is 84.7 Å². The standard InChI is InChI=1S/C23H17FN2O3/c24-18-10-8-16(9-11-18)20-19(21(27)17-6-2-1-3-7-17)22(28)23(29)26(20)14-15-5-4-12-25-13-15/h1-13,20,27H,14H2/p+1. The van der Waals surface area contributed by atoms with Crippen molar-refractivity contribution in [2.75, 3.05) is 0 Å². The first-order valence-electron chi connectivity index (χ1n) is 9.10. The minimum atomic E-state index is -0.823. The lowest BCUT2D eigenvalue weighted by Crippen LogP contribution is -2.29. The molecule has 1 aliphatic heterocycles. The van der Waals surface area contributed by atoms with Crippen molar-refractivity contribution in [1.82, 2.24) is 4.90 Å². The zero-order valence-electron chi connectivity index (χ0n) is 15.4. The fourth-order valence-electron chi connectivity index (χ4n) is 3.51. The molecule has 2 aromatic carbocycles. The topological polar surface area (TPSA) is 71.8 Å². The van der Waals surface area contributed by atoms with Gasteiger partial charge < -0.3 is 10.0 Å². The number of aliphatic hydroxyl groups is 1. The molecule has 1 fully saturated rings. The Morgan fingerprint density at radius 1 is 1.00 bits per heavy atom. The van der Waals surface area contributed by atoms with E-state index in [0.717, 1.165) is 5.56 Å². The van der Waals surface area contributed by atoms with Gasteiger partial charge in [0.2, 0.25) is 0 Å². The van der Waals surface area contributed by atoms with Gasteiger partial charge in [0, 0.05) is 17.2 Å². The number of hydrogen-bond acceptors (Lipinski definition) is 3. The van der Waals surface area contributed by atoms with Crippen molar-refractivity contribution in [2.24, 2.45) is 0 Å². The molecule has 0 radical (unpaired) electrons. The summed E-state index contributed by atoms with van der Waals surface area (Å²) in [6.45, 7) is 0.162. The van der Waals surface area contributed by atoms with Gasteiger partial charge in [-0.3, -0.25) is 9.59 Å². The van der Waals surface area contributed by atoms with Crippen LogP contribution in [0.5, 0.6) is 0 Å². The van der Waals surface area contributed by atoms with Gasteiger partial charge >= 0.3 is 0 Å². The molecule has 1 atom stereocenters. The Hall–Kier alpha value is -3.80. The fraction of sp³-hybridized carbons (Fsp3) is 0.0870. The predicted molar refractivity (Wildman–Crippen MR) is 104 cm³/mol. The van der Waals surface area contributed by atoms with Crippen LogP contribution in [0, 0.1) is 5.82 Å². The molecule has 29 heavy (non-hydrogen) atoms. The summed E-state index contributed by atoms with van der Waals surface area (Å²) in [6, 6.07) is 17.0. The molecule has 0 saturated carbocycles. The molecule has 0 bridgehead atoms. The number of benzene rings is 2. The minimum Gasteiger partial charge on any atom is -0.507 e. The molecule has 6 heteroatoms. The number of rotatable bonds is 4. The maximum atomic E-state index is 13.5. The number of aliphatic hydroxyl groups excluding tert-OH is 1. The van der Waals surface area contributed by atoms with Crippen LogP contribution in [0.4, 0.5) is 4.39 Å². The Kier molecular flexibility index (Phi) is 4.91. The number of carbonyl (C=O) groups excluding carboxylic acids is 2. The van der Waals surface area contributed by atoms with E-state index < -0.39 is 23.5 Å². The Balaban J connectivity index is 1.86. The molecule has 1 unspecified atom stereocenters. The molecule has 5 nitrogen and oxygen atoms in total. The van der Waals surface area contributed by atoms with Crippen molar-refractivity contribution in [1.29, 1.82) is 0 Å². The van der Waals surface area contributed by atoms with Gasteiger partial charge in [-0.15, -0.1) is 0 Å². The number of carbonyl (C=O) groups is 2. The predicted octanol–water partition coefficient (Wildman–Crippen LogP) is 3.26. The number of aromatic amines is 1. The molecule has 3 aromatic rings. The van der Waals surface area contributed by atoms with E-state index in [1.807, 2.05) is 6.07 Å². The summed E-state index contributed by atoms with van der Waals surface area (Å²) in [6.07, 6.45) is 3.47. The SMILES string of the molecule is O=C1C(=O)N(Cc2ccc[nH+]c2)C(c2ccc(F)cc2)C1=C(O)c1ccccc1. The summed E-state index contributed by atoms with van der Waals surface area (Å²) in [4.78, 5) is 30.1. The summed E-state index contributed by atoms with van der Waals surface area (Å²) >= 11 is 0. The third-order valence-corrected chi connectivity index (χ3v) is 4.90. The zero-order valence-corrected chi connectivity index (χ0v) is 15.4. The third-order valence-electron chi connectivity index (χ3n) is 4.90. The van der Waals surface area contributed by atoms with Crippen molar-refractivity contribution in [2.45, 2.75) is 12.6 Å². The van der Waals surface area contributed by atoms with E-state index in [9.17, 15) is 19.1 Å². The monoisotopic (exact) mass is 389 g/mol. The van der Waals surface area contributed by atoms with Crippen LogP contribution in [0.1, 0.15) is 22.7 Å². The van der Waals surface area contributed by atoms with Crippen LogP contribution >= 0.6 is 0 Å². The quantitative estimate of drug-likeness (QED) is 0.423. The number of ketones is 1. The average Bonchev–Trinajstić information content (AvgIpc) is 3.00. The number of pyridine rings is 1. The van der Waals surface area contributed by atoms with Gasteiger partial charge in [-0.2, -0.15) is 0 Å². The number of nitrogens with zero attached hydrogens (tertiary/aromatic N) is 1. The van der Waals surface area contributed by atoms with Crippen LogP contribution in [-0.4, -0.2) is 21.7 Å². The Labute approximate surface area is 166 Å². The third kappa shape index (κ3) is 3.52. The first-order valence-corrected chi connectivity index (χ1v) is 9.10. The van der Waals surface area contributed by atoms with Gasteiger partial charge in [0.25, 0.3) is 11.7 Å².